The predicted octanol–water partition coefficient (Wildman–Crippen LogP) is 0.693. The Morgan fingerprint density at radius 2 is 2.47 bits per heavy atom. The van der Waals surface area contributed by atoms with Gasteiger partial charge in [-0.1, -0.05) is 11.6 Å². The number of amides is 1. The third-order valence-corrected chi connectivity index (χ3v) is 1.94. The molecule has 0 fully saturated rings. The molecule has 1 aromatic heterocycles. The van der Waals surface area contributed by atoms with Gasteiger partial charge in [0, 0.05) is 13.7 Å². The summed E-state index contributed by atoms with van der Waals surface area (Å²) in [5.41, 5.74) is 6.21. The van der Waals surface area contributed by atoms with Crippen LogP contribution in [0.3, 0.4) is 0 Å². The van der Waals surface area contributed by atoms with E-state index in [9.17, 15) is 4.79 Å². The second-order valence-electron chi connectivity index (χ2n) is 2.84. The number of hydrogen-bond acceptors (Lipinski definition) is 4. The van der Waals surface area contributed by atoms with Gasteiger partial charge in [-0.3, -0.25) is 4.79 Å². The highest BCUT2D eigenvalue weighted by atomic mass is 35.5. The lowest BCUT2D eigenvalue weighted by atomic mass is 10.2. The Kier molecular flexibility index (Phi) is 4.33. The van der Waals surface area contributed by atoms with Crippen molar-refractivity contribution in [3.8, 4) is 0 Å². The van der Waals surface area contributed by atoms with Gasteiger partial charge in [-0.15, -0.1) is 0 Å². The number of hydrogen-bond donors (Lipinski definition) is 2. The fourth-order valence-electron chi connectivity index (χ4n) is 0.999. The van der Waals surface area contributed by atoms with Crippen molar-refractivity contribution in [2.45, 2.75) is 0 Å². The molecule has 0 spiro atoms. The van der Waals surface area contributed by atoms with Crippen LogP contribution in [-0.4, -0.2) is 31.2 Å². The quantitative estimate of drug-likeness (QED) is 0.588. The molecule has 0 aliphatic carbocycles. The molecule has 3 N–H and O–H groups in total. The van der Waals surface area contributed by atoms with E-state index in [2.05, 4.69) is 10.3 Å². The lowest BCUT2D eigenvalue weighted by molar-refractivity contribution is 0.0938. The van der Waals surface area contributed by atoms with Crippen molar-refractivity contribution < 1.29 is 9.53 Å². The van der Waals surface area contributed by atoms with E-state index in [0.717, 1.165) is 0 Å². The number of nitrogen functional groups attached to an aromatic ring is 1. The summed E-state index contributed by atoms with van der Waals surface area (Å²) in [4.78, 5) is 15.3. The first-order valence-corrected chi connectivity index (χ1v) is 4.71. The normalized spacial score (nSPS) is 10.0. The highest BCUT2D eigenvalue weighted by Crippen LogP contribution is 2.14. The summed E-state index contributed by atoms with van der Waals surface area (Å²) >= 11 is 5.65. The zero-order valence-corrected chi connectivity index (χ0v) is 9.04. The van der Waals surface area contributed by atoms with Crippen LogP contribution in [-0.2, 0) is 4.74 Å². The number of anilines is 1. The maximum atomic E-state index is 11.6. The molecule has 1 amide bonds. The molecule has 0 unspecified atom stereocenters. The number of halogens is 1. The van der Waals surface area contributed by atoms with Crippen LogP contribution in [0.5, 0.6) is 0 Å². The van der Waals surface area contributed by atoms with Crippen LogP contribution in [0.2, 0.25) is 5.15 Å². The zero-order valence-electron chi connectivity index (χ0n) is 8.29. The van der Waals surface area contributed by atoms with Gasteiger partial charge in [0.1, 0.15) is 5.15 Å². The largest absolute Gasteiger partial charge is 0.397 e. The molecular formula is C9H12ClN3O2. The summed E-state index contributed by atoms with van der Waals surface area (Å²) in [6.45, 7) is 0.874. The van der Waals surface area contributed by atoms with Gasteiger partial charge in [0.15, 0.2) is 0 Å². The maximum absolute atomic E-state index is 11.6. The number of aromatic nitrogens is 1. The Balaban J connectivity index is 2.68. The van der Waals surface area contributed by atoms with Gasteiger partial charge < -0.3 is 15.8 Å². The number of ether oxygens (including phenoxy) is 1. The molecule has 1 rings (SSSR count). The summed E-state index contributed by atoms with van der Waals surface area (Å²) in [6.07, 6.45) is 1.35. The van der Waals surface area contributed by atoms with Crippen LogP contribution >= 0.6 is 11.6 Å². The van der Waals surface area contributed by atoms with Crippen molar-refractivity contribution in [2.24, 2.45) is 0 Å². The van der Waals surface area contributed by atoms with Gasteiger partial charge >= 0.3 is 0 Å². The standard InChI is InChI=1S/C9H12ClN3O2/c1-15-3-2-12-9(14)6-4-8(10)13-5-7(6)11/h4-5H,2-3,11H2,1H3,(H,12,14). The maximum Gasteiger partial charge on any atom is 0.253 e. The minimum atomic E-state index is -0.283. The first kappa shape index (κ1) is 11.7. The lowest BCUT2D eigenvalue weighted by Gasteiger charge is -2.06. The molecule has 0 aromatic carbocycles. The molecule has 0 radical (unpaired) electrons. The highest BCUT2D eigenvalue weighted by molar-refractivity contribution is 6.29. The molecule has 0 saturated carbocycles. The topological polar surface area (TPSA) is 77.2 Å². The average Bonchev–Trinajstić information content (AvgIpc) is 2.22. The molecular weight excluding hydrogens is 218 g/mol. The fourth-order valence-corrected chi connectivity index (χ4v) is 1.16. The van der Waals surface area contributed by atoms with Crippen LogP contribution in [0.1, 0.15) is 10.4 Å². The number of rotatable bonds is 4. The SMILES string of the molecule is COCCNC(=O)c1cc(Cl)ncc1N. The van der Waals surface area contributed by atoms with Crippen molar-refractivity contribution in [3.63, 3.8) is 0 Å². The monoisotopic (exact) mass is 229 g/mol. The van der Waals surface area contributed by atoms with Gasteiger partial charge in [-0.25, -0.2) is 4.98 Å². The average molecular weight is 230 g/mol. The third-order valence-electron chi connectivity index (χ3n) is 1.74. The van der Waals surface area contributed by atoms with E-state index in [-0.39, 0.29) is 11.1 Å². The molecule has 0 saturated heterocycles. The summed E-state index contributed by atoms with van der Waals surface area (Å²) in [5.74, 6) is -0.283. The molecule has 0 aliphatic heterocycles. The van der Waals surface area contributed by atoms with Crippen LogP contribution < -0.4 is 11.1 Å². The van der Waals surface area contributed by atoms with E-state index in [4.69, 9.17) is 22.1 Å². The second-order valence-corrected chi connectivity index (χ2v) is 3.23. The first-order chi connectivity index (χ1) is 7.15. The van der Waals surface area contributed by atoms with Crippen molar-refractivity contribution in [1.82, 2.24) is 10.3 Å². The highest BCUT2D eigenvalue weighted by Gasteiger charge is 2.09. The summed E-state index contributed by atoms with van der Waals surface area (Å²) in [6, 6.07) is 1.43. The van der Waals surface area contributed by atoms with Crippen molar-refractivity contribution in [1.29, 1.82) is 0 Å². The fraction of sp³-hybridized carbons (Fsp3) is 0.333. The van der Waals surface area contributed by atoms with E-state index in [1.807, 2.05) is 0 Å². The lowest BCUT2D eigenvalue weighted by Crippen LogP contribution is -2.27. The van der Waals surface area contributed by atoms with Gasteiger partial charge in [-0.2, -0.15) is 0 Å². The number of carbonyl (C=O) groups excluding carboxylic acids is 1. The molecule has 0 atom stereocenters. The Morgan fingerprint density at radius 3 is 3.13 bits per heavy atom. The van der Waals surface area contributed by atoms with Crippen molar-refractivity contribution in [2.75, 3.05) is 26.0 Å². The van der Waals surface area contributed by atoms with Gasteiger partial charge in [-0.05, 0) is 6.07 Å². The van der Waals surface area contributed by atoms with E-state index >= 15 is 0 Å². The molecule has 0 bridgehead atoms. The van der Waals surface area contributed by atoms with Gasteiger partial charge in [0.25, 0.3) is 5.91 Å². The number of nitrogens with two attached hydrogens (primary N) is 1. The van der Waals surface area contributed by atoms with Crippen LogP contribution in [0.15, 0.2) is 12.3 Å². The molecule has 82 valence electrons. The number of pyridine rings is 1. The molecule has 1 heterocycles. The van der Waals surface area contributed by atoms with E-state index < -0.39 is 0 Å². The number of nitrogens with one attached hydrogen (secondary N) is 1. The molecule has 15 heavy (non-hydrogen) atoms. The Labute approximate surface area is 92.6 Å². The van der Waals surface area contributed by atoms with Crippen molar-refractivity contribution >= 4 is 23.2 Å². The summed E-state index contributed by atoms with van der Waals surface area (Å²) in [5, 5.41) is 2.87. The summed E-state index contributed by atoms with van der Waals surface area (Å²) < 4.78 is 4.80. The van der Waals surface area contributed by atoms with Crippen LogP contribution in [0, 0.1) is 0 Å². The number of carbonyl (C=O) groups is 1. The zero-order chi connectivity index (χ0) is 11.3. The molecule has 1 aromatic rings. The van der Waals surface area contributed by atoms with Crippen LogP contribution in [0.25, 0.3) is 0 Å². The van der Waals surface area contributed by atoms with Gasteiger partial charge in [0.2, 0.25) is 0 Å². The van der Waals surface area contributed by atoms with E-state index in [1.165, 1.54) is 12.3 Å². The third kappa shape index (κ3) is 3.38. The molecule has 6 heteroatoms. The second kappa shape index (κ2) is 5.53. The Bertz CT molecular complexity index is 357. The Morgan fingerprint density at radius 1 is 1.73 bits per heavy atom. The number of nitrogens with zero attached hydrogens (tertiary/aromatic N) is 1. The van der Waals surface area contributed by atoms with E-state index in [1.54, 1.807) is 7.11 Å². The summed E-state index contributed by atoms with van der Waals surface area (Å²) in [7, 11) is 1.56. The molecule has 5 nitrogen and oxygen atoms in total. The smallest absolute Gasteiger partial charge is 0.253 e. The predicted molar refractivity (Wildman–Crippen MR) is 57.9 cm³/mol. The minimum absolute atomic E-state index is 0.237. The van der Waals surface area contributed by atoms with Crippen molar-refractivity contribution in [3.05, 3.63) is 23.0 Å². The van der Waals surface area contributed by atoms with Gasteiger partial charge in [0.05, 0.1) is 24.1 Å². The molecule has 0 aliphatic rings. The first-order valence-electron chi connectivity index (χ1n) is 4.33. The Hall–Kier alpha value is -1.33. The minimum Gasteiger partial charge on any atom is -0.397 e. The number of methoxy groups -OCH3 is 1. The van der Waals surface area contributed by atoms with E-state index in [0.29, 0.717) is 24.4 Å². The van der Waals surface area contributed by atoms with Crippen LogP contribution in [0.4, 0.5) is 5.69 Å².